The highest BCUT2D eigenvalue weighted by molar-refractivity contribution is 7.84. The molecule has 4 nitrogen and oxygen atoms in total. The molecule has 1 rings (SSSR count). The van der Waals surface area contributed by atoms with Crippen LogP contribution in [0, 0.1) is 0 Å². The Kier molecular flexibility index (Phi) is 13.5. The minimum Gasteiger partial charge on any atom is -0.287 e. The summed E-state index contributed by atoms with van der Waals surface area (Å²) in [5.74, 6) is 0. The number of aliphatic imine (C=N–C) groups is 4. The molecular formula is C27H33ClN4S2. The van der Waals surface area contributed by atoms with Crippen LogP contribution in [0.5, 0.6) is 0 Å². The molecule has 0 aromatic heterocycles. The van der Waals surface area contributed by atoms with Crippen molar-refractivity contribution in [3.05, 3.63) is 91.6 Å². The van der Waals surface area contributed by atoms with E-state index < -0.39 is 0 Å². The van der Waals surface area contributed by atoms with Crippen molar-refractivity contribution in [2.75, 3.05) is 7.05 Å². The highest BCUT2D eigenvalue weighted by atomic mass is 35.5. The molecule has 0 radical (unpaired) electrons. The summed E-state index contributed by atoms with van der Waals surface area (Å²) in [5.41, 5.74) is 5.64. The Morgan fingerprint density at radius 3 is 1.85 bits per heavy atom. The largest absolute Gasteiger partial charge is 0.287 e. The van der Waals surface area contributed by atoms with Gasteiger partial charge in [-0.25, -0.2) is 0 Å². The van der Waals surface area contributed by atoms with E-state index in [0.29, 0.717) is 22.1 Å². The molecule has 0 saturated carbocycles. The zero-order valence-corrected chi connectivity index (χ0v) is 23.4. The number of rotatable bonds is 9. The van der Waals surface area contributed by atoms with Gasteiger partial charge in [0.25, 0.3) is 0 Å². The molecule has 0 saturated heterocycles. The van der Waals surface area contributed by atoms with Gasteiger partial charge in [0.2, 0.25) is 0 Å². The van der Waals surface area contributed by atoms with Gasteiger partial charge in [0, 0.05) is 17.8 Å². The average Bonchev–Trinajstić information content (AvgIpc) is 2.77. The normalized spacial score (nSPS) is 15.3. The van der Waals surface area contributed by atoms with Crippen molar-refractivity contribution < 1.29 is 0 Å². The highest BCUT2D eigenvalue weighted by Crippen LogP contribution is 2.15. The molecule has 0 fully saturated rings. The van der Waals surface area contributed by atoms with Crippen LogP contribution >= 0.6 is 36.9 Å². The van der Waals surface area contributed by atoms with Crippen molar-refractivity contribution in [1.29, 1.82) is 0 Å². The lowest BCUT2D eigenvalue weighted by molar-refractivity contribution is 1.25. The fourth-order valence-electron chi connectivity index (χ4n) is 2.55. The summed E-state index contributed by atoms with van der Waals surface area (Å²) >= 11 is 14.9. The number of thiol groups is 2. The van der Waals surface area contributed by atoms with Crippen molar-refractivity contribution in [2.45, 2.75) is 41.5 Å². The lowest BCUT2D eigenvalue weighted by Gasteiger charge is -2.04. The zero-order chi connectivity index (χ0) is 25.7. The van der Waals surface area contributed by atoms with Crippen molar-refractivity contribution >= 4 is 60.7 Å². The van der Waals surface area contributed by atoms with E-state index in [1.807, 2.05) is 77.1 Å². The van der Waals surface area contributed by atoms with Crippen LogP contribution in [0.2, 0.25) is 0 Å². The van der Waals surface area contributed by atoms with Crippen LogP contribution in [0.25, 0.3) is 0 Å². The van der Waals surface area contributed by atoms with Gasteiger partial charge in [0.1, 0.15) is 0 Å². The maximum Gasteiger partial charge on any atom is 0.0837 e. The standard InChI is InChI=1S/C27H33ClN4S2/c1-18(2)26(13-19(3)33)30-17-25(32-22(6)23-11-9-8-10-12-23)15-24(29-7)16-31-27(21(5)28)14-20(4)34/h8-17,33-34H,1-7H3/b19-13+,20-14+,25-15-,27-21-,29-24+,30-17+,31-16-,32-22+. The number of hydrogen-bond donors (Lipinski definition) is 2. The zero-order valence-electron chi connectivity index (χ0n) is 20.8. The predicted molar refractivity (Wildman–Crippen MR) is 159 cm³/mol. The van der Waals surface area contributed by atoms with Gasteiger partial charge in [-0.3, -0.25) is 20.0 Å². The van der Waals surface area contributed by atoms with E-state index in [0.717, 1.165) is 32.4 Å². The number of halogens is 1. The predicted octanol–water partition coefficient (Wildman–Crippen LogP) is 8.02. The topological polar surface area (TPSA) is 49.4 Å². The van der Waals surface area contributed by atoms with Crippen LogP contribution in [-0.2, 0) is 0 Å². The lowest BCUT2D eigenvalue weighted by atomic mass is 10.1. The minimum absolute atomic E-state index is 0.561. The van der Waals surface area contributed by atoms with Gasteiger partial charge in [-0.2, -0.15) is 0 Å². The third-order valence-corrected chi connectivity index (χ3v) is 4.72. The Labute approximate surface area is 220 Å². The Morgan fingerprint density at radius 2 is 1.35 bits per heavy atom. The van der Waals surface area contributed by atoms with Crippen LogP contribution < -0.4 is 0 Å². The first-order valence-electron chi connectivity index (χ1n) is 10.7. The number of benzene rings is 1. The van der Waals surface area contributed by atoms with Gasteiger partial charge in [-0.05, 0) is 75.1 Å². The molecule has 0 atom stereocenters. The molecule has 0 N–H and O–H groups in total. The molecular weight excluding hydrogens is 480 g/mol. The SMILES string of the molecule is C\N=C(\C=N/C(/C=C(\C)S)=C(/C)Cl)/C=C(/C=N/C(/C=C(\C)S)=C(C)C)\N=C(/C)c1ccccc1. The second-order valence-corrected chi connectivity index (χ2v) is 9.65. The van der Waals surface area contributed by atoms with Gasteiger partial charge in [-0.1, -0.05) is 47.5 Å². The summed E-state index contributed by atoms with van der Waals surface area (Å²) in [6, 6.07) is 9.98. The number of hydrogen-bond acceptors (Lipinski definition) is 6. The fourth-order valence-corrected chi connectivity index (χ4v) is 2.90. The summed E-state index contributed by atoms with van der Waals surface area (Å²) in [4.78, 5) is 20.0. The van der Waals surface area contributed by atoms with Crippen LogP contribution in [0.15, 0.2) is 106 Å². The first-order valence-corrected chi connectivity index (χ1v) is 12.0. The van der Waals surface area contributed by atoms with Gasteiger partial charge < -0.3 is 0 Å². The van der Waals surface area contributed by atoms with Gasteiger partial charge in [0.15, 0.2) is 0 Å². The van der Waals surface area contributed by atoms with E-state index in [-0.39, 0.29) is 0 Å². The summed E-state index contributed by atoms with van der Waals surface area (Å²) < 4.78 is 0. The summed E-state index contributed by atoms with van der Waals surface area (Å²) in [7, 11) is 1.70. The second kappa shape index (κ2) is 15.5. The van der Waals surface area contributed by atoms with Crippen LogP contribution in [0.1, 0.15) is 47.1 Å². The molecule has 0 amide bonds. The van der Waals surface area contributed by atoms with E-state index in [1.54, 1.807) is 32.5 Å². The van der Waals surface area contributed by atoms with E-state index in [4.69, 9.17) is 16.6 Å². The average molecular weight is 513 g/mol. The summed E-state index contributed by atoms with van der Waals surface area (Å²) in [5, 5.41) is 0.561. The van der Waals surface area contributed by atoms with Gasteiger partial charge >= 0.3 is 0 Å². The third-order valence-electron chi connectivity index (χ3n) is 4.27. The first-order chi connectivity index (χ1) is 16.0. The van der Waals surface area contributed by atoms with Gasteiger partial charge in [-0.15, -0.1) is 25.3 Å². The van der Waals surface area contributed by atoms with Crippen molar-refractivity contribution in [1.82, 2.24) is 0 Å². The lowest BCUT2D eigenvalue weighted by Crippen LogP contribution is -2.01. The molecule has 1 aromatic rings. The van der Waals surface area contributed by atoms with Crippen molar-refractivity contribution in [3.63, 3.8) is 0 Å². The molecule has 0 spiro atoms. The fraction of sp³-hybridized carbons (Fsp3) is 0.259. The molecule has 0 unspecified atom stereocenters. The first kappa shape index (κ1) is 29.6. The maximum absolute atomic E-state index is 6.18. The number of nitrogens with zero attached hydrogens (tertiary/aromatic N) is 4. The quantitative estimate of drug-likeness (QED) is 0.191. The molecule has 7 heteroatoms. The van der Waals surface area contributed by atoms with Crippen LogP contribution in [0.4, 0.5) is 0 Å². The monoisotopic (exact) mass is 512 g/mol. The van der Waals surface area contributed by atoms with E-state index in [9.17, 15) is 0 Å². The summed E-state index contributed by atoms with van der Waals surface area (Å²) in [6.07, 6.45) is 8.92. The molecule has 0 heterocycles. The minimum atomic E-state index is 0.561. The molecule has 0 aliphatic carbocycles. The Balaban J connectivity index is 3.54. The molecule has 34 heavy (non-hydrogen) atoms. The molecule has 1 aromatic carbocycles. The highest BCUT2D eigenvalue weighted by Gasteiger charge is 2.02. The Hall–Kier alpha value is -2.41. The molecule has 0 bridgehead atoms. The molecule has 0 aliphatic rings. The third kappa shape index (κ3) is 11.6. The smallest absolute Gasteiger partial charge is 0.0837 e. The summed E-state index contributed by atoms with van der Waals surface area (Å²) in [6.45, 7) is 11.5. The van der Waals surface area contributed by atoms with Crippen molar-refractivity contribution in [3.8, 4) is 0 Å². The molecule has 0 aliphatic heterocycles. The van der Waals surface area contributed by atoms with E-state index >= 15 is 0 Å². The van der Waals surface area contributed by atoms with Crippen LogP contribution in [-0.4, -0.2) is 30.9 Å². The Morgan fingerprint density at radius 1 is 0.794 bits per heavy atom. The Bertz CT molecular complexity index is 1120. The van der Waals surface area contributed by atoms with Crippen LogP contribution in [0.3, 0.4) is 0 Å². The van der Waals surface area contributed by atoms with Gasteiger partial charge in [0.05, 0.1) is 35.2 Å². The van der Waals surface area contributed by atoms with Crippen molar-refractivity contribution in [2.24, 2.45) is 20.0 Å². The number of allylic oxidation sites excluding steroid dienone is 8. The molecule has 180 valence electrons. The van der Waals surface area contributed by atoms with E-state index in [2.05, 4.69) is 40.2 Å². The van der Waals surface area contributed by atoms with E-state index in [1.165, 1.54) is 0 Å². The second-order valence-electron chi connectivity index (χ2n) is 7.67. The maximum atomic E-state index is 6.18.